The average molecular weight is 262 g/mol. The second kappa shape index (κ2) is 5.91. The molecule has 18 heavy (non-hydrogen) atoms. The van der Waals surface area contributed by atoms with Crippen LogP contribution in [0.4, 0.5) is 5.82 Å². The normalized spacial score (nSPS) is 12.6. The minimum absolute atomic E-state index is 0.539. The summed E-state index contributed by atoms with van der Waals surface area (Å²) in [5.74, 6) is 2.31. The number of nitrogens with two attached hydrogens (primary N) is 1. The van der Waals surface area contributed by atoms with Crippen LogP contribution in [0, 0.1) is 5.92 Å². The van der Waals surface area contributed by atoms with Gasteiger partial charge in [0.05, 0.1) is 18.2 Å². The van der Waals surface area contributed by atoms with E-state index in [2.05, 4.69) is 27.7 Å². The number of imidazole rings is 1. The van der Waals surface area contributed by atoms with Crippen LogP contribution >= 0.6 is 11.8 Å². The number of nitrogens with zero attached hydrogens (tertiary/aromatic N) is 3. The van der Waals surface area contributed by atoms with Crippen LogP contribution in [-0.2, 0) is 6.54 Å². The van der Waals surface area contributed by atoms with E-state index >= 15 is 0 Å². The lowest BCUT2D eigenvalue weighted by Crippen LogP contribution is -2.10. The van der Waals surface area contributed by atoms with E-state index in [0.717, 1.165) is 23.6 Å². The van der Waals surface area contributed by atoms with Crippen LogP contribution in [0.3, 0.4) is 0 Å². The summed E-state index contributed by atoms with van der Waals surface area (Å²) < 4.78 is 2.18. The third-order valence-corrected chi connectivity index (χ3v) is 3.65. The fourth-order valence-corrected chi connectivity index (χ4v) is 2.66. The highest BCUT2D eigenvalue weighted by Gasteiger charge is 2.09. The maximum Gasteiger partial charge on any atom is 0.123 e. The predicted molar refractivity (Wildman–Crippen MR) is 77.4 cm³/mol. The number of thioether (sulfide) groups is 1. The van der Waals surface area contributed by atoms with Crippen molar-refractivity contribution in [2.45, 2.75) is 13.5 Å². The van der Waals surface area contributed by atoms with Gasteiger partial charge in [-0.2, -0.15) is 11.8 Å². The molecule has 0 aromatic carbocycles. The number of rotatable bonds is 5. The summed E-state index contributed by atoms with van der Waals surface area (Å²) >= 11 is 1.87. The topological polar surface area (TPSA) is 56.7 Å². The molecule has 96 valence electrons. The fraction of sp³-hybridized carbons (Fsp3) is 0.385. The zero-order valence-corrected chi connectivity index (χ0v) is 11.5. The van der Waals surface area contributed by atoms with Crippen molar-refractivity contribution in [1.29, 1.82) is 0 Å². The van der Waals surface area contributed by atoms with Crippen molar-refractivity contribution in [2.24, 2.45) is 5.92 Å². The van der Waals surface area contributed by atoms with Gasteiger partial charge in [0.1, 0.15) is 5.82 Å². The van der Waals surface area contributed by atoms with Crippen molar-refractivity contribution < 1.29 is 0 Å². The van der Waals surface area contributed by atoms with Crippen LogP contribution in [-0.4, -0.2) is 26.5 Å². The van der Waals surface area contributed by atoms with Crippen LogP contribution in [0.5, 0.6) is 0 Å². The van der Waals surface area contributed by atoms with Gasteiger partial charge in [-0.25, -0.2) is 9.97 Å². The first-order valence-corrected chi connectivity index (χ1v) is 7.31. The van der Waals surface area contributed by atoms with Gasteiger partial charge in [-0.05, 0) is 30.1 Å². The van der Waals surface area contributed by atoms with E-state index in [1.807, 2.05) is 36.4 Å². The van der Waals surface area contributed by atoms with Gasteiger partial charge < -0.3 is 10.3 Å². The molecule has 1 unspecified atom stereocenters. The number of nitrogen functional groups attached to an aromatic ring is 1. The summed E-state index contributed by atoms with van der Waals surface area (Å²) in [6.45, 7) is 3.22. The molecule has 0 bridgehead atoms. The zero-order chi connectivity index (χ0) is 13.0. The molecule has 0 spiro atoms. The summed E-state index contributed by atoms with van der Waals surface area (Å²) in [5, 5.41) is 0. The van der Waals surface area contributed by atoms with Crippen LogP contribution in [0.2, 0.25) is 0 Å². The molecule has 0 aliphatic carbocycles. The number of anilines is 1. The maximum atomic E-state index is 5.72. The molecule has 0 amide bonds. The van der Waals surface area contributed by atoms with E-state index in [9.17, 15) is 0 Å². The Hall–Kier alpha value is -1.49. The molecule has 0 aliphatic rings. The Morgan fingerprint density at radius 3 is 3.06 bits per heavy atom. The van der Waals surface area contributed by atoms with Gasteiger partial charge in [0, 0.05) is 18.3 Å². The molecule has 0 radical (unpaired) electrons. The van der Waals surface area contributed by atoms with E-state index in [4.69, 9.17) is 5.73 Å². The number of aromatic nitrogens is 3. The minimum Gasteiger partial charge on any atom is -0.384 e. The van der Waals surface area contributed by atoms with Gasteiger partial charge >= 0.3 is 0 Å². The van der Waals surface area contributed by atoms with Crippen molar-refractivity contribution in [3.8, 4) is 11.3 Å². The lowest BCUT2D eigenvalue weighted by Gasteiger charge is -2.13. The molecule has 2 heterocycles. The van der Waals surface area contributed by atoms with Crippen LogP contribution in [0.15, 0.2) is 30.9 Å². The first-order chi connectivity index (χ1) is 8.70. The summed E-state index contributed by atoms with van der Waals surface area (Å²) in [7, 11) is 0. The molecule has 0 fully saturated rings. The van der Waals surface area contributed by atoms with E-state index < -0.39 is 0 Å². The fourth-order valence-electron chi connectivity index (χ4n) is 1.99. The van der Waals surface area contributed by atoms with E-state index in [1.165, 1.54) is 0 Å². The number of pyridine rings is 1. The Kier molecular flexibility index (Phi) is 4.25. The third kappa shape index (κ3) is 3.04. The SMILES string of the molecule is CSCC(C)Cn1cncc1-c1ccnc(N)c1. The van der Waals surface area contributed by atoms with Crippen molar-refractivity contribution in [2.75, 3.05) is 17.7 Å². The summed E-state index contributed by atoms with van der Waals surface area (Å²) in [6, 6.07) is 3.84. The smallest absolute Gasteiger partial charge is 0.123 e. The van der Waals surface area contributed by atoms with E-state index in [0.29, 0.717) is 11.7 Å². The van der Waals surface area contributed by atoms with Crippen molar-refractivity contribution in [3.05, 3.63) is 30.9 Å². The van der Waals surface area contributed by atoms with Crippen LogP contribution < -0.4 is 5.73 Å². The van der Waals surface area contributed by atoms with Gasteiger partial charge in [-0.15, -0.1) is 0 Å². The van der Waals surface area contributed by atoms with Crippen molar-refractivity contribution in [3.63, 3.8) is 0 Å². The van der Waals surface area contributed by atoms with Gasteiger partial charge in [0.25, 0.3) is 0 Å². The summed E-state index contributed by atoms with van der Waals surface area (Å²) in [6.07, 6.45) is 7.62. The monoisotopic (exact) mass is 262 g/mol. The summed E-state index contributed by atoms with van der Waals surface area (Å²) in [4.78, 5) is 8.25. The maximum absolute atomic E-state index is 5.72. The Morgan fingerprint density at radius 2 is 2.33 bits per heavy atom. The zero-order valence-electron chi connectivity index (χ0n) is 10.7. The quantitative estimate of drug-likeness (QED) is 0.899. The van der Waals surface area contributed by atoms with Gasteiger partial charge in [-0.1, -0.05) is 6.92 Å². The van der Waals surface area contributed by atoms with Crippen LogP contribution in [0.25, 0.3) is 11.3 Å². The summed E-state index contributed by atoms with van der Waals surface area (Å²) in [5.41, 5.74) is 7.88. The van der Waals surface area contributed by atoms with Crippen molar-refractivity contribution >= 4 is 17.6 Å². The third-order valence-electron chi connectivity index (χ3n) is 2.75. The van der Waals surface area contributed by atoms with E-state index in [-0.39, 0.29) is 0 Å². The average Bonchev–Trinajstić information content (AvgIpc) is 2.77. The van der Waals surface area contributed by atoms with E-state index in [1.54, 1.807) is 6.20 Å². The molecule has 5 heteroatoms. The molecule has 2 rings (SSSR count). The largest absolute Gasteiger partial charge is 0.384 e. The van der Waals surface area contributed by atoms with Gasteiger partial charge in [0.15, 0.2) is 0 Å². The lowest BCUT2D eigenvalue weighted by molar-refractivity contribution is 0.534. The lowest BCUT2D eigenvalue weighted by atomic mass is 10.1. The molecule has 0 saturated heterocycles. The van der Waals surface area contributed by atoms with Gasteiger partial charge in [-0.3, -0.25) is 0 Å². The highest BCUT2D eigenvalue weighted by atomic mass is 32.2. The Labute approximate surface area is 112 Å². The second-order valence-electron chi connectivity index (χ2n) is 4.46. The molecule has 0 saturated carbocycles. The number of hydrogen-bond acceptors (Lipinski definition) is 4. The highest BCUT2D eigenvalue weighted by molar-refractivity contribution is 7.98. The first-order valence-electron chi connectivity index (χ1n) is 5.91. The molecule has 4 nitrogen and oxygen atoms in total. The predicted octanol–water partition coefficient (Wildman–Crippen LogP) is 2.53. The Balaban J connectivity index is 2.22. The molecule has 2 aromatic rings. The molecular weight excluding hydrogens is 244 g/mol. The Bertz CT molecular complexity index is 509. The standard InChI is InChI=1S/C13H18N4S/c1-10(8-18-2)7-17-9-15-6-12(17)11-3-4-16-13(14)5-11/h3-6,9-10H,7-8H2,1-2H3,(H2,14,16). The molecular formula is C13H18N4S. The van der Waals surface area contributed by atoms with Crippen LogP contribution in [0.1, 0.15) is 6.92 Å². The van der Waals surface area contributed by atoms with Crippen molar-refractivity contribution in [1.82, 2.24) is 14.5 Å². The minimum atomic E-state index is 0.539. The second-order valence-corrected chi connectivity index (χ2v) is 5.37. The molecule has 2 aromatic heterocycles. The molecule has 1 atom stereocenters. The molecule has 0 aliphatic heterocycles. The number of hydrogen-bond donors (Lipinski definition) is 1. The first kappa shape index (κ1) is 13.0. The van der Waals surface area contributed by atoms with Gasteiger partial charge in [0.2, 0.25) is 0 Å². The highest BCUT2D eigenvalue weighted by Crippen LogP contribution is 2.21. The molecule has 2 N–H and O–H groups in total. The Morgan fingerprint density at radius 1 is 1.50 bits per heavy atom.